The molecule has 0 saturated carbocycles. The van der Waals surface area contributed by atoms with Crippen LogP contribution in [0.1, 0.15) is 25.5 Å². The van der Waals surface area contributed by atoms with Crippen molar-refractivity contribution in [3.63, 3.8) is 0 Å². The maximum absolute atomic E-state index is 9.89. The van der Waals surface area contributed by atoms with Crippen LogP contribution in [0.2, 0.25) is 10.0 Å². The van der Waals surface area contributed by atoms with Crippen LogP contribution in [0.3, 0.4) is 0 Å². The molecule has 0 aliphatic carbocycles. The van der Waals surface area contributed by atoms with Gasteiger partial charge in [0.1, 0.15) is 0 Å². The van der Waals surface area contributed by atoms with Crippen LogP contribution in [0.4, 0.5) is 0 Å². The molecule has 0 amide bonds. The summed E-state index contributed by atoms with van der Waals surface area (Å²) in [7, 11) is 0. The third kappa shape index (κ3) is 2.61. The first-order valence-corrected chi connectivity index (χ1v) is 5.00. The molecule has 3 N–H and O–H groups in total. The van der Waals surface area contributed by atoms with E-state index in [9.17, 15) is 5.11 Å². The van der Waals surface area contributed by atoms with E-state index in [1.807, 2.05) is 0 Å². The van der Waals surface area contributed by atoms with Crippen LogP contribution in [0, 0.1) is 0 Å². The van der Waals surface area contributed by atoms with Crippen LogP contribution in [0.5, 0.6) is 0 Å². The largest absolute Gasteiger partial charge is 0.386 e. The van der Waals surface area contributed by atoms with Crippen LogP contribution >= 0.6 is 23.2 Å². The average Bonchev–Trinajstić information content (AvgIpc) is 2.06. The van der Waals surface area contributed by atoms with Gasteiger partial charge in [0, 0.05) is 21.1 Å². The smallest absolute Gasteiger partial charge is 0.0978 e. The van der Waals surface area contributed by atoms with Gasteiger partial charge in [-0.2, -0.15) is 0 Å². The molecule has 1 unspecified atom stereocenters. The van der Waals surface area contributed by atoms with Crippen LogP contribution in [0.15, 0.2) is 18.2 Å². The highest BCUT2D eigenvalue weighted by atomic mass is 35.5. The Bertz CT molecular complexity index is 333. The lowest BCUT2D eigenvalue weighted by Gasteiger charge is -2.26. The molecule has 1 rings (SSSR count). The molecule has 0 radical (unpaired) electrons. The Morgan fingerprint density at radius 1 is 1.36 bits per heavy atom. The van der Waals surface area contributed by atoms with Gasteiger partial charge >= 0.3 is 0 Å². The normalized spacial score (nSPS) is 14.1. The van der Waals surface area contributed by atoms with Gasteiger partial charge in [0.2, 0.25) is 0 Å². The maximum Gasteiger partial charge on any atom is 0.0978 e. The van der Waals surface area contributed by atoms with Crippen molar-refractivity contribution < 1.29 is 5.11 Å². The van der Waals surface area contributed by atoms with Crippen LogP contribution in [-0.4, -0.2) is 10.6 Å². The minimum absolute atomic E-state index is 0.473. The molecule has 0 aromatic heterocycles. The van der Waals surface area contributed by atoms with Gasteiger partial charge in [-0.05, 0) is 32.0 Å². The van der Waals surface area contributed by atoms with Gasteiger partial charge in [-0.25, -0.2) is 0 Å². The van der Waals surface area contributed by atoms with E-state index in [0.717, 1.165) is 0 Å². The third-order valence-corrected chi connectivity index (χ3v) is 2.54. The van der Waals surface area contributed by atoms with Gasteiger partial charge < -0.3 is 10.8 Å². The predicted octanol–water partition coefficient (Wildman–Crippen LogP) is 2.76. The van der Waals surface area contributed by atoms with Crippen LogP contribution in [0.25, 0.3) is 0 Å². The fraction of sp³-hybridized carbons (Fsp3) is 0.400. The molecule has 4 heteroatoms. The summed E-state index contributed by atoms with van der Waals surface area (Å²) in [6, 6.07) is 4.95. The number of hydrogen-bond acceptors (Lipinski definition) is 2. The van der Waals surface area contributed by atoms with E-state index in [1.54, 1.807) is 32.0 Å². The average molecular weight is 234 g/mol. The number of nitrogens with two attached hydrogens (primary N) is 1. The Kier molecular flexibility index (Phi) is 3.43. The summed E-state index contributed by atoms with van der Waals surface area (Å²) in [6.45, 7) is 3.46. The van der Waals surface area contributed by atoms with E-state index in [-0.39, 0.29) is 0 Å². The zero-order valence-electron chi connectivity index (χ0n) is 8.09. The Hall–Kier alpha value is -0.280. The minimum Gasteiger partial charge on any atom is -0.386 e. The van der Waals surface area contributed by atoms with Crippen molar-refractivity contribution in [1.29, 1.82) is 0 Å². The molecule has 0 spiro atoms. The lowest BCUT2D eigenvalue weighted by Crippen LogP contribution is -2.39. The summed E-state index contributed by atoms with van der Waals surface area (Å²) in [5, 5.41) is 10.9. The van der Waals surface area contributed by atoms with E-state index in [2.05, 4.69) is 0 Å². The molecule has 78 valence electrons. The second-order valence-corrected chi connectivity index (χ2v) is 4.73. The third-order valence-electron chi connectivity index (χ3n) is 1.96. The predicted molar refractivity (Wildman–Crippen MR) is 59.7 cm³/mol. The summed E-state index contributed by atoms with van der Waals surface area (Å²) in [6.07, 6.45) is -0.825. The quantitative estimate of drug-likeness (QED) is 0.826. The molecule has 1 aromatic rings. The highest BCUT2D eigenvalue weighted by Crippen LogP contribution is 2.31. The van der Waals surface area contributed by atoms with Crippen molar-refractivity contribution in [2.75, 3.05) is 0 Å². The van der Waals surface area contributed by atoms with Crippen molar-refractivity contribution in [3.05, 3.63) is 33.8 Å². The maximum atomic E-state index is 9.89. The fourth-order valence-electron chi connectivity index (χ4n) is 1.12. The Labute approximate surface area is 93.6 Å². The van der Waals surface area contributed by atoms with Gasteiger partial charge in [-0.15, -0.1) is 0 Å². The summed E-state index contributed by atoms with van der Waals surface area (Å²) >= 11 is 11.7. The van der Waals surface area contributed by atoms with Gasteiger partial charge in [0.15, 0.2) is 0 Å². The molecular formula is C10H13Cl2NO. The van der Waals surface area contributed by atoms with E-state index in [0.29, 0.717) is 15.6 Å². The number of rotatable bonds is 2. The number of halogens is 2. The van der Waals surface area contributed by atoms with Crippen molar-refractivity contribution in [3.8, 4) is 0 Å². The SMILES string of the molecule is CC(C)(N)C(O)c1cc(Cl)ccc1Cl. The lowest BCUT2D eigenvalue weighted by atomic mass is 9.92. The second kappa shape index (κ2) is 4.07. The number of hydrogen-bond donors (Lipinski definition) is 2. The zero-order valence-corrected chi connectivity index (χ0v) is 9.60. The Morgan fingerprint density at radius 3 is 2.43 bits per heavy atom. The zero-order chi connectivity index (χ0) is 10.9. The fourth-order valence-corrected chi connectivity index (χ4v) is 1.53. The van der Waals surface area contributed by atoms with Crippen LogP contribution < -0.4 is 5.73 Å². The van der Waals surface area contributed by atoms with Gasteiger partial charge in [0.05, 0.1) is 6.10 Å². The molecule has 0 saturated heterocycles. The molecule has 0 fully saturated rings. The van der Waals surface area contributed by atoms with Crippen molar-refractivity contribution in [1.82, 2.24) is 0 Å². The lowest BCUT2D eigenvalue weighted by molar-refractivity contribution is 0.105. The monoisotopic (exact) mass is 233 g/mol. The molecule has 1 atom stereocenters. The van der Waals surface area contributed by atoms with Gasteiger partial charge in [-0.3, -0.25) is 0 Å². The van der Waals surface area contributed by atoms with Gasteiger partial charge in [0.25, 0.3) is 0 Å². The number of benzene rings is 1. The molecule has 14 heavy (non-hydrogen) atoms. The second-order valence-electron chi connectivity index (χ2n) is 3.89. The van der Waals surface area contributed by atoms with Crippen molar-refractivity contribution in [2.45, 2.75) is 25.5 Å². The van der Waals surface area contributed by atoms with Crippen molar-refractivity contribution in [2.24, 2.45) is 5.73 Å². The molecular weight excluding hydrogens is 221 g/mol. The molecule has 2 nitrogen and oxygen atoms in total. The molecule has 1 aromatic carbocycles. The summed E-state index contributed by atoms with van der Waals surface area (Å²) < 4.78 is 0. The topological polar surface area (TPSA) is 46.2 Å². The van der Waals surface area contributed by atoms with Crippen molar-refractivity contribution >= 4 is 23.2 Å². The summed E-state index contributed by atoms with van der Waals surface area (Å²) in [5.41, 5.74) is 5.60. The summed E-state index contributed by atoms with van der Waals surface area (Å²) in [4.78, 5) is 0. The Balaban J connectivity index is 3.12. The van der Waals surface area contributed by atoms with E-state index in [1.165, 1.54) is 0 Å². The van der Waals surface area contributed by atoms with Gasteiger partial charge in [-0.1, -0.05) is 23.2 Å². The van der Waals surface area contributed by atoms with E-state index in [4.69, 9.17) is 28.9 Å². The highest BCUT2D eigenvalue weighted by molar-refractivity contribution is 6.33. The molecule has 0 aliphatic heterocycles. The molecule has 0 bridgehead atoms. The Morgan fingerprint density at radius 2 is 1.93 bits per heavy atom. The van der Waals surface area contributed by atoms with E-state index >= 15 is 0 Å². The molecule has 0 aliphatic rings. The highest BCUT2D eigenvalue weighted by Gasteiger charge is 2.26. The van der Waals surface area contributed by atoms with Crippen LogP contribution in [-0.2, 0) is 0 Å². The van der Waals surface area contributed by atoms with E-state index < -0.39 is 11.6 Å². The first-order valence-electron chi connectivity index (χ1n) is 4.24. The first kappa shape index (κ1) is 11.8. The number of aliphatic hydroxyl groups is 1. The first-order chi connectivity index (χ1) is 6.32. The minimum atomic E-state index is -0.825. The summed E-state index contributed by atoms with van der Waals surface area (Å²) in [5.74, 6) is 0. The standard InChI is InChI=1S/C10H13Cl2NO/c1-10(2,13)9(14)7-5-6(11)3-4-8(7)12/h3-5,9,14H,13H2,1-2H3. The molecule has 0 heterocycles. The number of aliphatic hydroxyl groups excluding tert-OH is 1.